The molecule has 178 valence electrons. The largest absolute Gasteiger partial charge is 0.272 e. The van der Waals surface area contributed by atoms with Gasteiger partial charge in [-0.15, -0.1) is 0 Å². The number of hydrazone groups is 1. The van der Waals surface area contributed by atoms with Gasteiger partial charge < -0.3 is 0 Å². The van der Waals surface area contributed by atoms with Gasteiger partial charge in [0.25, 0.3) is 5.91 Å². The molecular formula is C25H25ClFN3O3S. The summed E-state index contributed by atoms with van der Waals surface area (Å²) in [4.78, 5) is 12.8. The van der Waals surface area contributed by atoms with Gasteiger partial charge in [0, 0.05) is 17.1 Å². The molecule has 0 saturated heterocycles. The fourth-order valence-corrected chi connectivity index (χ4v) is 5.59. The number of amides is 1. The second kappa shape index (κ2) is 10.9. The van der Waals surface area contributed by atoms with Crippen LogP contribution in [0.5, 0.6) is 0 Å². The van der Waals surface area contributed by atoms with Gasteiger partial charge in [0.1, 0.15) is 5.82 Å². The van der Waals surface area contributed by atoms with Crippen molar-refractivity contribution in [3.05, 3.63) is 99.3 Å². The number of aryl methyl sites for hydroxylation is 3. The summed E-state index contributed by atoms with van der Waals surface area (Å²) in [5.41, 5.74) is 5.27. The van der Waals surface area contributed by atoms with E-state index in [0.29, 0.717) is 21.7 Å². The van der Waals surface area contributed by atoms with E-state index in [1.165, 1.54) is 18.3 Å². The van der Waals surface area contributed by atoms with Gasteiger partial charge in [-0.1, -0.05) is 59.6 Å². The molecule has 0 unspecified atom stereocenters. The molecular weight excluding hydrogens is 477 g/mol. The van der Waals surface area contributed by atoms with Crippen molar-refractivity contribution < 1.29 is 17.6 Å². The number of benzene rings is 3. The lowest BCUT2D eigenvalue weighted by Crippen LogP contribution is -2.39. The molecule has 0 aliphatic rings. The van der Waals surface area contributed by atoms with Crippen LogP contribution in [0.25, 0.3) is 0 Å². The predicted molar refractivity (Wildman–Crippen MR) is 132 cm³/mol. The zero-order valence-corrected chi connectivity index (χ0v) is 20.6. The van der Waals surface area contributed by atoms with Gasteiger partial charge in [-0.05, 0) is 55.7 Å². The monoisotopic (exact) mass is 501 g/mol. The molecule has 0 atom stereocenters. The molecule has 0 fully saturated rings. The lowest BCUT2D eigenvalue weighted by molar-refractivity contribution is -0.121. The van der Waals surface area contributed by atoms with Crippen molar-refractivity contribution in [1.82, 2.24) is 9.73 Å². The Morgan fingerprint density at radius 2 is 1.68 bits per heavy atom. The lowest BCUT2D eigenvalue weighted by Gasteiger charge is -2.24. The van der Waals surface area contributed by atoms with E-state index in [0.717, 1.165) is 9.87 Å². The standard InChI is InChI=1S/C25H25ClFN3O3S/c1-17-12-18(2)25(19(3)13-17)34(32,33)30(15-20-8-10-22(26)11-9-20)16-24(31)29-28-14-21-6-4-5-7-23(21)27/h4-14H,15-16H2,1-3H3,(H,29,31)/b28-14+. The molecule has 0 radical (unpaired) electrons. The van der Waals surface area contributed by atoms with Crippen LogP contribution in [0.1, 0.15) is 27.8 Å². The van der Waals surface area contributed by atoms with Gasteiger partial charge in [-0.3, -0.25) is 4.79 Å². The highest BCUT2D eigenvalue weighted by molar-refractivity contribution is 7.89. The van der Waals surface area contributed by atoms with Gasteiger partial charge in [0.05, 0.1) is 17.7 Å². The van der Waals surface area contributed by atoms with Crippen molar-refractivity contribution in [3.8, 4) is 0 Å². The predicted octanol–water partition coefficient (Wildman–Crippen LogP) is 4.75. The molecule has 0 saturated carbocycles. The molecule has 6 nitrogen and oxygen atoms in total. The third-order valence-corrected chi connectivity index (χ3v) is 7.44. The SMILES string of the molecule is Cc1cc(C)c(S(=O)(=O)N(CC(=O)N/N=C/c2ccccc2F)Cc2ccc(Cl)cc2)c(C)c1. The van der Waals surface area contributed by atoms with E-state index in [1.54, 1.807) is 62.4 Å². The van der Waals surface area contributed by atoms with Crippen molar-refractivity contribution >= 4 is 33.7 Å². The quantitative estimate of drug-likeness (QED) is 0.357. The van der Waals surface area contributed by atoms with E-state index in [1.807, 2.05) is 6.92 Å². The van der Waals surface area contributed by atoms with Crippen LogP contribution in [-0.2, 0) is 21.4 Å². The van der Waals surface area contributed by atoms with E-state index in [2.05, 4.69) is 10.5 Å². The fourth-order valence-electron chi connectivity index (χ4n) is 3.67. The Morgan fingerprint density at radius 1 is 1.06 bits per heavy atom. The molecule has 0 bridgehead atoms. The average molecular weight is 502 g/mol. The summed E-state index contributed by atoms with van der Waals surface area (Å²) in [6.45, 7) is 4.82. The molecule has 0 spiro atoms. The maximum absolute atomic E-state index is 13.7. The number of nitrogens with one attached hydrogen (secondary N) is 1. The third kappa shape index (κ3) is 6.28. The minimum atomic E-state index is -4.04. The Morgan fingerprint density at radius 3 is 2.29 bits per heavy atom. The van der Waals surface area contributed by atoms with Crippen LogP contribution in [-0.4, -0.2) is 31.4 Å². The van der Waals surface area contributed by atoms with Crippen molar-refractivity contribution in [3.63, 3.8) is 0 Å². The molecule has 0 aromatic heterocycles. The second-order valence-electron chi connectivity index (χ2n) is 7.94. The topological polar surface area (TPSA) is 78.8 Å². The normalized spacial score (nSPS) is 11.8. The van der Waals surface area contributed by atoms with Crippen molar-refractivity contribution in [1.29, 1.82) is 0 Å². The maximum Gasteiger partial charge on any atom is 0.255 e. The number of carbonyl (C=O) groups excluding carboxylic acids is 1. The Labute approximate surface area is 204 Å². The van der Waals surface area contributed by atoms with Crippen LogP contribution >= 0.6 is 11.6 Å². The van der Waals surface area contributed by atoms with Gasteiger partial charge in [-0.2, -0.15) is 9.41 Å². The minimum Gasteiger partial charge on any atom is -0.272 e. The molecule has 1 amide bonds. The maximum atomic E-state index is 13.7. The van der Waals surface area contributed by atoms with Gasteiger partial charge in [-0.25, -0.2) is 18.2 Å². The lowest BCUT2D eigenvalue weighted by atomic mass is 10.1. The first-order valence-electron chi connectivity index (χ1n) is 10.5. The molecule has 3 aromatic carbocycles. The Hall–Kier alpha value is -3.07. The first-order valence-corrected chi connectivity index (χ1v) is 12.3. The molecule has 3 rings (SSSR count). The highest BCUT2D eigenvalue weighted by Crippen LogP contribution is 2.26. The van der Waals surface area contributed by atoms with Crippen LogP contribution in [0, 0.1) is 26.6 Å². The van der Waals surface area contributed by atoms with Gasteiger partial charge in [0.2, 0.25) is 10.0 Å². The van der Waals surface area contributed by atoms with Crippen LogP contribution in [0.2, 0.25) is 5.02 Å². The summed E-state index contributed by atoms with van der Waals surface area (Å²) in [5.74, 6) is -1.15. The summed E-state index contributed by atoms with van der Waals surface area (Å²) in [5, 5.41) is 4.29. The second-order valence-corrected chi connectivity index (χ2v) is 10.3. The smallest absolute Gasteiger partial charge is 0.255 e. The molecule has 3 aromatic rings. The third-order valence-electron chi connectivity index (χ3n) is 5.09. The molecule has 0 heterocycles. The summed E-state index contributed by atoms with van der Waals surface area (Å²) in [6.07, 6.45) is 1.17. The number of hydrogen-bond donors (Lipinski definition) is 1. The zero-order valence-electron chi connectivity index (χ0n) is 19.0. The van der Waals surface area contributed by atoms with E-state index in [4.69, 9.17) is 11.6 Å². The van der Waals surface area contributed by atoms with Crippen molar-refractivity contribution in [2.75, 3.05) is 6.54 Å². The zero-order chi connectivity index (χ0) is 24.9. The minimum absolute atomic E-state index is 0.0449. The van der Waals surface area contributed by atoms with Crippen molar-refractivity contribution in [2.45, 2.75) is 32.2 Å². The molecule has 0 aliphatic carbocycles. The molecule has 0 aliphatic heterocycles. The Balaban J connectivity index is 1.88. The Kier molecular flexibility index (Phi) is 8.19. The number of nitrogens with zero attached hydrogens (tertiary/aromatic N) is 2. The van der Waals surface area contributed by atoms with E-state index in [9.17, 15) is 17.6 Å². The average Bonchev–Trinajstić information content (AvgIpc) is 2.75. The number of halogens is 2. The first kappa shape index (κ1) is 25.6. The van der Waals surface area contributed by atoms with Gasteiger partial charge in [0.15, 0.2) is 0 Å². The fraction of sp³-hybridized carbons (Fsp3) is 0.200. The Bertz CT molecular complexity index is 1300. The number of hydrogen-bond acceptors (Lipinski definition) is 4. The van der Waals surface area contributed by atoms with E-state index < -0.39 is 28.3 Å². The highest BCUT2D eigenvalue weighted by atomic mass is 35.5. The number of carbonyl (C=O) groups is 1. The molecule has 34 heavy (non-hydrogen) atoms. The number of sulfonamides is 1. The van der Waals surface area contributed by atoms with Crippen LogP contribution < -0.4 is 5.43 Å². The van der Waals surface area contributed by atoms with Crippen molar-refractivity contribution in [2.24, 2.45) is 5.10 Å². The first-order chi connectivity index (χ1) is 16.1. The highest BCUT2D eigenvalue weighted by Gasteiger charge is 2.30. The van der Waals surface area contributed by atoms with E-state index in [-0.39, 0.29) is 17.0 Å². The van der Waals surface area contributed by atoms with Crippen LogP contribution in [0.15, 0.2) is 70.7 Å². The molecule has 1 N–H and O–H groups in total. The van der Waals surface area contributed by atoms with Crippen LogP contribution in [0.3, 0.4) is 0 Å². The summed E-state index contributed by atoms with van der Waals surface area (Å²) in [6, 6.07) is 16.3. The summed E-state index contributed by atoms with van der Waals surface area (Å²) in [7, 11) is -4.04. The van der Waals surface area contributed by atoms with Crippen LogP contribution in [0.4, 0.5) is 4.39 Å². The van der Waals surface area contributed by atoms with Gasteiger partial charge >= 0.3 is 0 Å². The summed E-state index contributed by atoms with van der Waals surface area (Å²) >= 11 is 5.96. The molecule has 9 heteroatoms. The number of rotatable bonds is 8. The van der Waals surface area contributed by atoms with E-state index >= 15 is 0 Å². The summed E-state index contributed by atoms with van der Waals surface area (Å²) < 4.78 is 42.2.